The summed E-state index contributed by atoms with van der Waals surface area (Å²) in [6.45, 7) is 8.34. The molecule has 0 bridgehead atoms. The molecule has 2 heteroatoms. The zero-order valence-electron chi connectivity index (χ0n) is 9.26. The van der Waals surface area contributed by atoms with E-state index in [1.54, 1.807) is 0 Å². The second-order valence-corrected chi connectivity index (χ2v) is 4.88. The van der Waals surface area contributed by atoms with Crippen molar-refractivity contribution in [2.24, 2.45) is 11.1 Å². The monoisotopic (exact) mass is 183 g/mol. The van der Waals surface area contributed by atoms with E-state index >= 15 is 0 Å². The van der Waals surface area contributed by atoms with E-state index < -0.39 is 0 Å². The molecule has 1 unspecified atom stereocenters. The van der Waals surface area contributed by atoms with Crippen molar-refractivity contribution in [1.29, 1.82) is 0 Å². The van der Waals surface area contributed by atoms with E-state index in [1.807, 2.05) is 20.8 Å². The van der Waals surface area contributed by atoms with Crippen molar-refractivity contribution in [2.45, 2.75) is 59.0 Å². The number of hydrogen-bond acceptors (Lipinski definition) is 2. The Morgan fingerprint density at radius 2 is 2.15 bits per heavy atom. The van der Waals surface area contributed by atoms with Crippen LogP contribution >= 0.6 is 0 Å². The summed E-state index contributed by atoms with van der Waals surface area (Å²) < 4.78 is 0. The Kier molecular flexibility index (Phi) is 3.34. The highest BCUT2D eigenvalue weighted by atomic mass is 16.6. The predicted molar refractivity (Wildman–Crippen MR) is 55.9 cm³/mol. The first kappa shape index (κ1) is 10.6. The van der Waals surface area contributed by atoms with Crippen LogP contribution < -0.4 is 0 Å². The molecule has 1 aliphatic rings. The molecule has 0 aliphatic heterocycles. The highest BCUT2D eigenvalue weighted by Crippen LogP contribution is 2.26. The Morgan fingerprint density at radius 1 is 1.46 bits per heavy atom. The Balaban J connectivity index is 2.37. The molecule has 0 heterocycles. The summed E-state index contributed by atoms with van der Waals surface area (Å²) in [6, 6.07) is 0. The van der Waals surface area contributed by atoms with E-state index in [1.165, 1.54) is 18.6 Å². The van der Waals surface area contributed by atoms with Crippen LogP contribution in [-0.2, 0) is 4.84 Å². The fourth-order valence-corrected chi connectivity index (χ4v) is 1.54. The topological polar surface area (TPSA) is 21.6 Å². The van der Waals surface area contributed by atoms with Crippen LogP contribution in [0, 0.1) is 5.92 Å². The molecule has 0 aromatic heterocycles. The normalized spacial score (nSPS) is 26.8. The van der Waals surface area contributed by atoms with Gasteiger partial charge in [0.15, 0.2) is 0 Å². The van der Waals surface area contributed by atoms with Crippen LogP contribution in [0.1, 0.15) is 53.4 Å². The van der Waals surface area contributed by atoms with Gasteiger partial charge in [-0.25, -0.2) is 0 Å². The van der Waals surface area contributed by atoms with Crippen molar-refractivity contribution >= 4 is 5.71 Å². The van der Waals surface area contributed by atoms with E-state index in [4.69, 9.17) is 4.84 Å². The Hall–Kier alpha value is -0.530. The third-order valence-electron chi connectivity index (χ3n) is 2.39. The smallest absolute Gasteiger partial charge is 0.129 e. The molecule has 0 amide bonds. The lowest BCUT2D eigenvalue weighted by atomic mass is 10.1. The van der Waals surface area contributed by atoms with Crippen molar-refractivity contribution < 1.29 is 4.84 Å². The highest BCUT2D eigenvalue weighted by molar-refractivity contribution is 5.86. The molecule has 1 fully saturated rings. The summed E-state index contributed by atoms with van der Waals surface area (Å²) >= 11 is 0. The van der Waals surface area contributed by atoms with Crippen LogP contribution in [0.3, 0.4) is 0 Å². The van der Waals surface area contributed by atoms with Crippen LogP contribution in [0.5, 0.6) is 0 Å². The first-order valence-electron chi connectivity index (χ1n) is 5.25. The summed E-state index contributed by atoms with van der Waals surface area (Å²) in [4.78, 5) is 5.39. The van der Waals surface area contributed by atoms with E-state index in [0.717, 1.165) is 18.8 Å². The van der Waals surface area contributed by atoms with Crippen molar-refractivity contribution in [1.82, 2.24) is 0 Å². The van der Waals surface area contributed by atoms with Gasteiger partial charge in [-0.15, -0.1) is 0 Å². The van der Waals surface area contributed by atoms with Gasteiger partial charge in [-0.1, -0.05) is 18.5 Å². The summed E-state index contributed by atoms with van der Waals surface area (Å²) in [6.07, 6.45) is 4.85. The molecule has 1 atom stereocenters. The lowest BCUT2D eigenvalue weighted by Crippen LogP contribution is -2.16. The van der Waals surface area contributed by atoms with Crippen molar-refractivity contribution in [3.8, 4) is 0 Å². The molecule has 76 valence electrons. The van der Waals surface area contributed by atoms with Crippen LogP contribution in [-0.4, -0.2) is 11.3 Å². The molecular formula is C11H21NO. The van der Waals surface area contributed by atoms with Gasteiger partial charge in [-0.2, -0.15) is 0 Å². The maximum Gasteiger partial charge on any atom is 0.129 e. The molecule has 1 rings (SSSR count). The van der Waals surface area contributed by atoms with E-state index in [9.17, 15) is 0 Å². The second kappa shape index (κ2) is 4.12. The second-order valence-electron chi connectivity index (χ2n) is 4.88. The summed E-state index contributed by atoms with van der Waals surface area (Å²) in [7, 11) is 0. The maximum atomic E-state index is 5.39. The Labute approximate surface area is 81.3 Å². The minimum Gasteiger partial charge on any atom is -0.390 e. The molecular weight excluding hydrogens is 162 g/mol. The third-order valence-corrected chi connectivity index (χ3v) is 2.39. The molecule has 0 N–H and O–H groups in total. The van der Waals surface area contributed by atoms with Gasteiger partial charge < -0.3 is 4.84 Å². The van der Waals surface area contributed by atoms with E-state index in [-0.39, 0.29) is 5.60 Å². The zero-order valence-corrected chi connectivity index (χ0v) is 9.26. The van der Waals surface area contributed by atoms with Gasteiger partial charge in [-0.3, -0.25) is 0 Å². The van der Waals surface area contributed by atoms with Gasteiger partial charge >= 0.3 is 0 Å². The summed E-state index contributed by atoms with van der Waals surface area (Å²) in [5.41, 5.74) is 1.11. The molecule has 0 aromatic carbocycles. The fraction of sp³-hybridized carbons (Fsp3) is 0.909. The van der Waals surface area contributed by atoms with E-state index in [2.05, 4.69) is 12.1 Å². The van der Waals surface area contributed by atoms with Crippen LogP contribution in [0.4, 0.5) is 0 Å². The Bertz CT molecular complexity index is 191. The van der Waals surface area contributed by atoms with Crippen LogP contribution in [0.15, 0.2) is 5.16 Å². The number of rotatable bonds is 2. The first-order chi connectivity index (χ1) is 6.01. The summed E-state index contributed by atoms with van der Waals surface area (Å²) in [5.74, 6) is 0.849. The number of oxime groups is 1. The average Bonchev–Trinajstić information content (AvgIpc) is 2.47. The molecule has 1 aliphatic carbocycles. The van der Waals surface area contributed by atoms with Crippen molar-refractivity contribution in [2.75, 3.05) is 0 Å². The molecule has 2 nitrogen and oxygen atoms in total. The third kappa shape index (κ3) is 3.79. The van der Waals surface area contributed by atoms with E-state index in [0.29, 0.717) is 0 Å². The van der Waals surface area contributed by atoms with Gasteiger partial charge in [0.1, 0.15) is 5.60 Å². The molecule has 13 heavy (non-hydrogen) atoms. The van der Waals surface area contributed by atoms with Crippen molar-refractivity contribution in [3.63, 3.8) is 0 Å². The average molecular weight is 183 g/mol. The predicted octanol–water partition coefficient (Wildman–Crippen LogP) is 3.37. The fourth-order valence-electron chi connectivity index (χ4n) is 1.54. The molecule has 0 aromatic rings. The first-order valence-corrected chi connectivity index (χ1v) is 5.25. The molecule has 0 radical (unpaired) electrons. The van der Waals surface area contributed by atoms with Gasteiger partial charge in [0.05, 0.1) is 5.71 Å². The Morgan fingerprint density at radius 3 is 2.62 bits per heavy atom. The van der Waals surface area contributed by atoms with Gasteiger partial charge in [-0.05, 0) is 46.0 Å². The molecule has 1 saturated carbocycles. The lowest BCUT2D eigenvalue weighted by molar-refractivity contribution is 0.000391. The largest absolute Gasteiger partial charge is 0.390 e. The molecule has 0 saturated heterocycles. The highest BCUT2D eigenvalue weighted by Gasteiger charge is 2.20. The van der Waals surface area contributed by atoms with Gasteiger partial charge in [0.25, 0.3) is 0 Å². The zero-order chi connectivity index (χ0) is 9.90. The van der Waals surface area contributed by atoms with Crippen LogP contribution in [0.2, 0.25) is 0 Å². The van der Waals surface area contributed by atoms with Gasteiger partial charge in [0, 0.05) is 0 Å². The summed E-state index contributed by atoms with van der Waals surface area (Å²) in [5, 5.41) is 4.21. The number of nitrogens with zero attached hydrogens (tertiary/aromatic N) is 1. The van der Waals surface area contributed by atoms with Crippen LogP contribution in [0.25, 0.3) is 0 Å². The number of hydrogen-bond donors (Lipinski definition) is 0. The van der Waals surface area contributed by atoms with Gasteiger partial charge in [0.2, 0.25) is 0 Å². The minimum absolute atomic E-state index is 0.142. The maximum absolute atomic E-state index is 5.39. The lowest BCUT2D eigenvalue weighted by Gasteiger charge is -2.15. The quantitative estimate of drug-likeness (QED) is 0.601. The minimum atomic E-state index is -0.142. The van der Waals surface area contributed by atoms with Crippen molar-refractivity contribution in [3.05, 3.63) is 0 Å². The molecule has 0 spiro atoms. The SMILES string of the molecule is CCC1CC/C(=N\OC(C)(C)C)C1. The standard InChI is InChI=1S/C11H21NO/c1-5-9-6-7-10(8-9)12-13-11(2,3)4/h9H,5-8H2,1-4H3/b12-10+.